The SMILES string of the molecule is NC1(c2nc3c(oc4ccc(Br)cc43)c(=O)[nH]2)CCC1. The number of H-pyrrole nitrogens is 1. The Bertz CT molecular complexity index is 892. The summed E-state index contributed by atoms with van der Waals surface area (Å²) in [6, 6.07) is 5.60. The number of rotatable bonds is 1. The number of benzene rings is 1. The van der Waals surface area contributed by atoms with E-state index in [1.165, 1.54) is 0 Å². The van der Waals surface area contributed by atoms with Crippen molar-refractivity contribution in [1.29, 1.82) is 0 Å². The number of nitrogens with zero attached hydrogens (tertiary/aromatic N) is 1. The average molecular weight is 334 g/mol. The van der Waals surface area contributed by atoms with Gasteiger partial charge in [-0.3, -0.25) is 4.79 Å². The molecule has 20 heavy (non-hydrogen) atoms. The van der Waals surface area contributed by atoms with Crippen molar-refractivity contribution < 1.29 is 4.42 Å². The van der Waals surface area contributed by atoms with Crippen molar-refractivity contribution >= 4 is 38.0 Å². The summed E-state index contributed by atoms with van der Waals surface area (Å²) < 4.78 is 6.51. The molecule has 0 atom stereocenters. The van der Waals surface area contributed by atoms with E-state index in [1.807, 2.05) is 18.2 Å². The van der Waals surface area contributed by atoms with Crippen molar-refractivity contribution in [2.24, 2.45) is 5.73 Å². The van der Waals surface area contributed by atoms with Gasteiger partial charge in [0.25, 0.3) is 5.56 Å². The van der Waals surface area contributed by atoms with Crippen LogP contribution in [0.1, 0.15) is 25.1 Å². The number of hydrogen-bond donors (Lipinski definition) is 2. The smallest absolute Gasteiger partial charge is 0.294 e. The van der Waals surface area contributed by atoms with Crippen LogP contribution < -0.4 is 11.3 Å². The monoisotopic (exact) mass is 333 g/mol. The van der Waals surface area contributed by atoms with E-state index in [4.69, 9.17) is 10.2 Å². The largest absolute Gasteiger partial charge is 0.449 e. The van der Waals surface area contributed by atoms with Gasteiger partial charge >= 0.3 is 0 Å². The van der Waals surface area contributed by atoms with Crippen LogP contribution in [0.4, 0.5) is 0 Å². The van der Waals surface area contributed by atoms with E-state index >= 15 is 0 Å². The molecule has 6 heteroatoms. The molecule has 1 fully saturated rings. The van der Waals surface area contributed by atoms with Gasteiger partial charge in [0.1, 0.15) is 16.9 Å². The highest BCUT2D eigenvalue weighted by atomic mass is 79.9. The highest BCUT2D eigenvalue weighted by molar-refractivity contribution is 9.10. The molecule has 1 aliphatic carbocycles. The topological polar surface area (TPSA) is 84.9 Å². The van der Waals surface area contributed by atoms with Crippen molar-refractivity contribution in [3.8, 4) is 0 Å². The molecule has 102 valence electrons. The van der Waals surface area contributed by atoms with Crippen molar-refractivity contribution in [1.82, 2.24) is 9.97 Å². The first-order chi connectivity index (χ1) is 9.57. The van der Waals surface area contributed by atoms with Crippen LogP contribution in [0.5, 0.6) is 0 Å². The Balaban J connectivity index is 2.09. The van der Waals surface area contributed by atoms with Crippen LogP contribution in [-0.2, 0) is 5.54 Å². The van der Waals surface area contributed by atoms with Crippen LogP contribution in [0.3, 0.4) is 0 Å². The first-order valence-corrected chi connectivity index (χ1v) is 7.28. The summed E-state index contributed by atoms with van der Waals surface area (Å²) >= 11 is 3.42. The Morgan fingerprint density at radius 3 is 2.90 bits per heavy atom. The minimum Gasteiger partial charge on any atom is -0.449 e. The van der Waals surface area contributed by atoms with Gasteiger partial charge in [-0.15, -0.1) is 0 Å². The van der Waals surface area contributed by atoms with E-state index < -0.39 is 5.54 Å². The summed E-state index contributed by atoms with van der Waals surface area (Å²) in [5, 5.41) is 0.824. The fraction of sp³-hybridized carbons (Fsp3) is 0.286. The van der Waals surface area contributed by atoms with Gasteiger partial charge < -0.3 is 15.1 Å². The lowest BCUT2D eigenvalue weighted by Gasteiger charge is -2.36. The first-order valence-electron chi connectivity index (χ1n) is 6.48. The van der Waals surface area contributed by atoms with E-state index in [-0.39, 0.29) is 11.1 Å². The van der Waals surface area contributed by atoms with E-state index in [9.17, 15) is 4.79 Å². The zero-order valence-corrected chi connectivity index (χ0v) is 12.2. The van der Waals surface area contributed by atoms with Crippen molar-refractivity contribution in [2.45, 2.75) is 24.8 Å². The summed E-state index contributed by atoms with van der Waals surface area (Å²) in [4.78, 5) is 19.5. The van der Waals surface area contributed by atoms with Crippen LogP contribution in [0, 0.1) is 0 Å². The molecule has 0 bridgehead atoms. The normalized spacial score (nSPS) is 17.5. The number of hydrogen-bond acceptors (Lipinski definition) is 4. The highest BCUT2D eigenvalue weighted by Crippen LogP contribution is 2.37. The molecule has 0 spiro atoms. The van der Waals surface area contributed by atoms with Gasteiger partial charge in [-0.25, -0.2) is 4.98 Å². The van der Waals surface area contributed by atoms with E-state index in [1.54, 1.807) is 0 Å². The lowest BCUT2D eigenvalue weighted by Crippen LogP contribution is -2.45. The van der Waals surface area contributed by atoms with Gasteiger partial charge in [0.2, 0.25) is 5.58 Å². The quantitative estimate of drug-likeness (QED) is 0.717. The fourth-order valence-corrected chi connectivity index (χ4v) is 3.02. The van der Waals surface area contributed by atoms with Crippen molar-refractivity contribution in [3.63, 3.8) is 0 Å². The maximum absolute atomic E-state index is 12.2. The Morgan fingerprint density at radius 1 is 1.40 bits per heavy atom. The zero-order chi connectivity index (χ0) is 13.9. The van der Waals surface area contributed by atoms with Crippen LogP contribution in [0.25, 0.3) is 22.1 Å². The molecule has 0 aliphatic heterocycles. The molecule has 0 radical (unpaired) electrons. The number of nitrogens with two attached hydrogens (primary N) is 1. The number of halogens is 1. The molecular weight excluding hydrogens is 322 g/mol. The number of aromatic amines is 1. The van der Waals surface area contributed by atoms with Gasteiger partial charge in [0.05, 0.1) is 5.54 Å². The van der Waals surface area contributed by atoms with E-state index in [2.05, 4.69) is 25.9 Å². The van der Waals surface area contributed by atoms with Gasteiger partial charge in [-0.1, -0.05) is 15.9 Å². The molecule has 4 rings (SSSR count). The standard InChI is InChI=1S/C14H12BrN3O2/c15-7-2-3-9-8(6-7)10-11(20-9)12(19)18-13(17-10)14(16)4-1-5-14/h2-3,6H,1,4-5,16H2,(H,17,18,19). The zero-order valence-electron chi connectivity index (χ0n) is 10.6. The molecule has 0 amide bonds. The molecule has 3 N–H and O–H groups in total. The molecule has 0 unspecified atom stereocenters. The Kier molecular flexibility index (Phi) is 2.38. The van der Waals surface area contributed by atoms with Crippen LogP contribution >= 0.6 is 15.9 Å². The predicted molar refractivity (Wildman–Crippen MR) is 79.6 cm³/mol. The summed E-state index contributed by atoms with van der Waals surface area (Å²) in [7, 11) is 0. The molecule has 3 aromatic rings. The minimum atomic E-state index is -0.497. The second-order valence-electron chi connectivity index (χ2n) is 5.34. The summed E-state index contributed by atoms with van der Waals surface area (Å²) in [5.74, 6) is 0.559. The molecule has 1 aromatic carbocycles. The summed E-state index contributed by atoms with van der Waals surface area (Å²) in [6.45, 7) is 0. The number of nitrogens with one attached hydrogen (secondary N) is 1. The highest BCUT2D eigenvalue weighted by Gasteiger charge is 2.37. The Morgan fingerprint density at radius 2 is 2.20 bits per heavy atom. The number of aromatic nitrogens is 2. The lowest BCUT2D eigenvalue weighted by molar-refractivity contribution is 0.238. The predicted octanol–water partition coefficient (Wildman–Crippen LogP) is 2.77. The van der Waals surface area contributed by atoms with Crippen molar-refractivity contribution in [2.75, 3.05) is 0 Å². The fourth-order valence-electron chi connectivity index (χ4n) is 2.66. The maximum Gasteiger partial charge on any atom is 0.294 e. The van der Waals surface area contributed by atoms with Gasteiger partial charge in [0, 0.05) is 9.86 Å². The second kappa shape index (κ2) is 3.93. The molecule has 0 saturated heterocycles. The average Bonchev–Trinajstić information content (AvgIpc) is 2.75. The molecule has 5 nitrogen and oxygen atoms in total. The molecule has 2 heterocycles. The Labute approximate surface area is 122 Å². The van der Waals surface area contributed by atoms with Crippen LogP contribution in [0.15, 0.2) is 31.9 Å². The Hall–Kier alpha value is -1.66. The minimum absolute atomic E-state index is 0.254. The van der Waals surface area contributed by atoms with Gasteiger partial charge in [-0.2, -0.15) is 0 Å². The molecule has 1 saturated carbocycles. The van der Waals surface area contributed by atoms with Crippen LogP contribution in [0.2, 0.25) is 0 Å². The molecule has 2 aromatic heterocycles. The van der Waals surface area contributed by atoms with Gasteiger partial charge in [-0.05, 0) is 37.5 Å². The van der Waals surface area contributed by atoms with E-state index in [0.717, 1.165) is 29.1 Å². The second-order valence-corrected chi connectivity index (χ2v) is 6.26. The molecule has 1 aliphatic rings. The third-order valence-corrected chi connectivity index (χ3v) is 4.50. The molecular formula is C14H12BrN3O2. The van der Waals surface area contributed by atoms with E-state index in [0.29, 0.717) is 16.9 Å². The first kappa shape index (κ1) is 12.1. The lowest BCUT2D eigenvalue weighted by atomic mass is 9.77. The summed E-state index contributed by atoms with van der Waals surface area (Å²) in [5.41, 5.74) is 6.97. The maximum atomic E-state index is 12.2. The number of fused-ring (bicyclic) bond motifs is 3. The van der Waals surface area contributed by atoms with Crippen LogP contribution in [-0.4, -0.2) is 9.97 Å². The van der Waals surface area contributed by atoms with Gasteiger partial charge in [0.15, 0.2) is 0 Å². The summed E-state index contributed by atoms with van der Waals surface area (Å²) in [6.07, 6.45) is 2.76. The number of furan rings is 1. The third kappa shape index (κ3) is 1.58. The third-order valence-electron chi connectivity index (χ3n) is 4.00. The van der Waals surface area contributed by atoms with Crippen molar-refractivity contribution in [3.05, 3.63) is 38.9 Å².